The molecule has 0 atom stereocenters. The molecule has 0 saturated heterocycles. The van der Waals surface area contributed by atoms with Gasteiger partial charge in [-0.2, -0.15) is 0 Å². The van der Waals surface area contributed by atoms with E-state index < -0.39 is 0 Å². The van der Waals surface area contributed by atoms with Crippen molar-refractivity contribution in [2.45, 2.75) is 19.8 Å². The SMILES string of the molecule is CCc1cc(OCCCN=[N+]=[N-])ccc1Cl. The molecule has 0 bridgehead atoms. The molecule has 1 aromatic carbocycles. The first-order chi connectivity index (χ1) is 7.77. The average molecular weight is 240 g/mol. The smallest absolute Gasteiger partial charge is 0.119 e. The number of hydrogen-bond donors (Lipinski definition) is 0. The molecule has 0 N–H and O–H groups in total. The van der Waals surface area contributed by atoms with Gasteiger partial charge in [-0.3, -0.25) is 0 Å². The van der Waals surface area contributed by atoms with Gasteiger partial charge in [0, 0.05) is 16.5 Å². The highest BCUT2D eigenvalue weighted by Crippen LogP contribution is 2.22. The Balaban J connectivity index is 2.45. The van der Waals surface area contributed by atoms with Gasteiger partial charge in [-0.05, 0) is 42.1 Å². The zero-order valence-corrected chi connectivity index (χ0v) is 9.94. The fourth-order valence-electron chi connectivity index (χ4n) is 1.28. The van der Waals surface area contributed by atoms with Crippen LogP contribution < -0.4 is 4.74 Å². The maximum Gasteiger partial charge on any atom is 0.119 e. The molecule has 0 fully saturated rings. The van der Waals surface area contributed by atoms with Crippen molar-refractivity contribution >= 4 is 11.6 Å². The van der Waals surface area contributed by atoms with Gasteiger partial charge in [0.15, 0.2) is 0 Å². The minimum atomic E-state index is 0.463. The predicted molar refractivity (Wildman–Crippen MR) is 65.0 cm³/mol. The van der Waals surface area contributed by atoms with Crippen molar-refractivity contribution in [3.05, 3.63) is 39.2 Å². The highest BCUT2D eigenvalue weighted by Gasteiger charge is 2.00. The highest BCUT2D eigenvalue weighted by molar-refractivity contribution is 6.31. The fourth-order valence-corrected chi connectivity index (χ4v) is 1.53. The summed E-state index contributed by atoms with van der Waals surface area (Å²) in [5.74, 6) is 0.808. The average Bonchev–Trinajstić information content (AvgIpc) is 2.31. The van der Waals surface area contributed by atoms with Gasteiger partial charge in [0.25, 0.3) is 0 Å². The van der Waals surface area contributed by atoms with Crippen molar-refractivity contribution in [2.24, 2.45) is 5.11 Å². The van der Waals surface area contributed by atoms with Crippen LogP contribution in [-0.4, -0.2) is 13.2 Å². The topological polar surface area (TPSA) is 58.0 Å². The lowest BCUT2D eigenvalue weighted by molar-refractivity contribution is 0.313. The van der Waals surface area contributed by atoms with Gasteiger partial charge in [0.05, 0.1) is 6.61 Å². The van der Waals surface area contributed by atoms with Crippen molar-refractivity contribution < 1.29 is 4.74 Å². The maximum absolute atomic E-state index is 8.08. The van der Waals surface area contributed by atoms with Crippen molar-refractivity contribution in [2.75, 3.05) is 13.2 Å². The molecule has 86 valence electrons. The van der Waals surface area contributed by atoms with Crippen LogP contribution in [0.4, 0.5) is 0 Å². The molecule has 0 heterocycles. The number of aryl methyl sites for hydroxylation is 1. The monoisotopic (exact) mass is 239 g/mol. The molecular weight excluding hydrogens is 226 g/mol. The fraction of sp³-hybridized carbons (Fsp3) is 0.455. The summed E-state index contributed by atoms with van der Waals surface area (Å²) in [4.78, 5) is 2.67. The van der Waals surface area contributed by atoms with E-state index in [1.54, 1.807) is 0 Å². The first-order valence-corrected chi connectivity index (χ1v) is 5.57. The normalized spacial score (nSPS) is 9.62. The van der Waals surface area contributed by atoms with Crippen LogP contribution in [-0.2, 0) is 6.42 Å². The van der Waals surface area contributed by atoms with Gasteiger partial charge in [-0.15, -0.1) is 0 Å². The van der Waals surface area contributed by atoms with Crippen LogP contribution in [0, 0.1) is 0 Å². The molecule has 0 unspecified atom stereocenters. The van der Waals surface area contributed by atoms with Gasteiger partial charge in [-0.25, -0.2) is 0 Å². The van der Waals surface area contributed by atoms with Crippen LogP contribution in [0.25, 0.3) is 10.4 Å². The summed E-state index contributed by atoms with van der Waals surface area (Å²) in [7, 11) is 0. The number of halogens is 1. The standard InChI is InChI=1S/C11H14ClN3O/c1-2-9-8-10(4-5-11(9)12)16-7-3-6-14-15-13/h4-5,8H,2-3,6-7H2,1H3. The van der Waals surface area contributed by atoms with E-state index >= 15 is 0 Å². The molecule has 0 aromatic heterocycles. The van der Waals surface area contributed by atoms with Gasteiger partial charge >= 0.3 is 0 Å². The van der Waals surface area contributed by atoms with Gasteiger partial charge in [0.2, 0.25) is 0 Å². The first kappa shape index (κ1) is 12.7. The summed E-state index contributed by atoms with van der Waals surface area (Å²) in [6.07, 6.45) is 1.60. The second kappa shape index (κ2) is 6.99. The van der Waals surface area contributed by atoms with Gasteiger partial charge < -0.3 is 4.74 Å². The maximum atomic E-state index is 8.08. The Labute approximate surface area is 99.8 Å². The third-order valence-electron chi connectivity index (χ3n) is 2.13. The second-order valence-electron chi connectivity index (χ2n) is 3.26. The Kier molecular flexibility index (Phi) is 5.54. The molecule has 0 aliphatic carbocycles. The van der Waals surface area contributed by atoms with E-state index in [4.69, 9.17) is 21.9 Å². The quantitative estimate of drug-likeness (QED) is 0.321. The third-order valence-corrected chi connectivity index (χ3v) is 2.50. The van der Waals surface area contributed by atoms with Gasteiger partial charge in [-0.1, -0.05) is 23.6 Å². The van der Waals surface area contributed by atoms with E-state index in [1.807, 2.05) is 25.1 Å². The molecule has 16 heavy (non-hydrogen) atoms. The van der Waals surface area contributed by atoms with Crippen LogP contribution in [0.2, 0.25) is 5.02 Å². The second-order valence-corrected chi connectivity index (χ2v) is 3.67. The number of azide groups is 1. The summed E-state index contributed by atoms with van der Waals surface area (Å²) in [5, 5.41) is 4.20. The number of ether oxygens (including phenoxy) is 1. The molecule has 4 nitrogen and oxygen atoms in total. The van der Waals surface area contributed by atoms with Crippen molar-refractivity contribution in [3.63, 3.8) is 0 Å². The number of benzene rings is 1. The largest absolute Gasteiger partial charge is 0.494 e. The first-order valence-electron chi connectivity index (χ1n) is 5.20. The van der Waals surface area contributed by atoms with Crippen molar-refractivity contribution in [1.82, 2.24) is 0 Å². The summed E-state index contributed by atoms with van der Waals surface area (Å²) < 4.78 is 5.51. The van der Waals surface area contributed by atoms with Crippen LogP contribution in [0.15, 0.2) is 23.3 Å². The number of rotatable bonds is 6. The Morgan fingerprint density at radius 3 is 3.00 bits per heavy atom. The zero-order chi connectivity index (χ0) is 11.8. The van der Waals surface area contributed by atoms with E-state index in [9.17, 15) is 0 Å². The van der Waals surface area contributed by atoms with Crippen LogP contribution in [0.1, 0.15) is 18.9 Å². The molecule has 0 amide bonds. The Morgan fingerprint density at radius 2 is 2.31 bits per heavy atom. The van der Waals surface area contributed by atoms with Crippen LogP contribution >= 0.6 is 11.6 Å². The molecule has 0 aliphatic heterocycles. The highest BCUT2D eigenvalue weighted by atomic mass is 35.5. The van der Waals surface area contributed by atoms with Crippen molar-refractivity contribution in [1.29, 1.82) is 0 Å². The van der Waals surface area contributed by atoms with E-state index in [1.165, 1.54) is 0 Å². The molecule has 1 rings (SSSR count). The Bertz CT molecular complexity index is 389. The van der Waals surface area contributed by atoms with E-state index in [0.717, 1.165) is 22.8 Å². The molecule has 0 radical (unpaired) electrons. The molecule has 0 aliphatic rings. The Hall–Kier alpha value is -1.38. The Morgan fingerprint density at radius 1 is 1.50 bits per heavy atom. The van der Waals surface area contributed by atoms with E-state index in [-0.39, 0.29) is 0 Å². The lowest BCUT2D eigenvalue weighted by Gasteiger charge is -2.07. The van der Waals surface area contributed by atoms with E-state index in [2.05, 4.69) is 10.0 Å². The summed E-state index contributed by atoms with van der Waals surface area (Å²) in [6.45, 7) is 3.06. The van der Waals surface area contributed by atoms with E-state index in [0.29, 0.717) is 19.6 Å². The minimum absolute atomic E-state index is 0.463. The third kappa shape index (κ3) is 4.01. The summed E-state index contributed by atoms with van der Waals surface area (Å²) in [6, 6.07) is 5.62. The molecule has 1 aromatic rings. The summed E-state index contributed by atoms with van der Waals surface area (Å²) in [5.41, 5.74) is 9.16. The van der Waals surface area contributed by atoms with Gasteiger partial charge in [0.1, 0.15) is 5.75 Å². The zero-order valence-electron chi connectivity index (χ0n) is 9.19. The van der Waals surface area contributed by atoms with Crippen molar-refractivity contribution in [3.8, 4) is 5.75 Å². The summed E-state index contributed by atoms with van der Waals surface area (Å²) >= 11 is 5.99. The molecule has 5 heteroatoms. The molecule has 0 saturated carbocycles. The number of nitrogens with zero attached hydrogens (tertiary/aromatic N) is 3. The van der Waals surface area contributed by atoms with Crippen LogP contribution in [0.3, 0.4) is 0 Å². The van der Waals surface area contributed by atoms with Crippen LogP contribution in [0.5, 0.6) is 5.75 Å². The predicted octanol–water partition coefficient (Wildman–Crippen LogP) is 3.98. The lowest BCUT2D eigenvalue weighted by Crippen LogP contribution is -1.99. The molecule has 0 spiro atoms. The number of hydrogen-bond acceptors (Lipinski definition) is 2. The lowest BCUT2D eigenvalue weighted by atomic mass is 10.1. The minimum Gasteiger partial charge on any atom is -0.494 e. The molecular formula is C11H14ClN3O.